The average molecular weight is 395 g/mol. The van der Waals surface area contributed by atoms with Crippen LogP contribution in [0.3, 0.4) is 0 Å². The van der Waals surface area contributed by atoms with Crippen molar-refractivity contribution in [1.82, 2.24) is 0 Å². The van der Waals surface area contributed by atoms with Crippen LogP contribution in [0.1, 0.15) is 40.5 Å². The fourth-order valence-corrected chi connectivity index (χ4v) is 7.06. The number of sulfone groups is 1. The lowest BCUT2D eigenvalue weighted by Crippen LogP contribution is -2.62. The van der Waals surface area contributed by atoms with Crippen LogP contribution in [-0.2, 0) is 9.84 Å². The number of hydrogen-bond donors (Lipinski definition) is 3. The quantitative estimate of drug-likeness (QED) is 0.684. The molecular weight excluding hydrogens is 364 g/mol. The first-order valence-corrected chi connectivity index (χ1v) is 11.1. The molecule has 150 valence electrons. The van der Waals surface area contributed by atoms with Gasteiger partial charge in [-0.05, 0) is 48.5 Å². The molecular formula is C21H30O5S. The van der Waals surface area contributed by atoms with Gasteiger partial charge in [-0.25, -0.2) is 8.42 Å². The van der Waals surface area contributed by atoms with Crippen LogP contribution in [0.2, 0.25) is 0 Å². The van der Waals surface area contributed by atoms with Crippen molar-refractivity contribution in [1.29, 1.82) is 0 Å². The van der Waals surface area contributed by atoms with Crippen molar-refractivity contribution in [2.75, 3.05) is 5.75 Å². The van der Waals surface area contributed by atoms with Gasteiger partial charge in [0.25, 0.3) is 0 Å². The summed E-state index contributed by atoms with van der Waals surface area (Å²) in [7, 11) is -3.64. The second kappa shape index (κ2) is 6.69. The number of benzene rings is 1. The zero-order valence-electron chi connectivity index (χ0n) is 16.4. The predicted octanol–water partition coefficient (Wildman–Crippen LogP) is 2.32. The normalized spacial score (nSPS) is 36.4. The molecule has 0 aliphatic heterocycles. The maximum atomic E-state index is 13.1. The van der Waals surface area contributed by atoms with E-state index in [1.807, 2.05) is 20.8 Å². The summed E-state index contributed by atoms with van der Waals surface area (Å²) >= 11 is 0. The highest BCUT2D eigenvalue weighted by atomic mass is 32.2. The van der Waals surface area contributed by atoms with Gasteiger partial charge in [-0.1, -0.05) is 39.0 Å². The lowest BCUT2D eigenvalue weighted by atomic mass is 9.48. The molecule has 0 heterocycles. The van der Waals surface area contributed by atoms with Crippen molar-refractivity contribution in [3.8, 4) is 0 Å². The predicted molar refractivity (Wildman–Crippen MR) is 104 cm³/mol. The molecule has 3 rings (SSSR count). The molecule has 5 atom stereocenters. The van der Waals surface area contributed by atoms with Crippen molar-refractivity contribution in [2.24, 2.45) is 16.7 Å². The first-order valence-electron chi connectivity index (χ1n) is 9.45. The van der Waals surface area contributed by atoms with Crippen LogP contribution < -0.4 is 0 Å². The minimum absolute atomic E-state index is 0.218. The average Bonchev–Trinajstić information content (AvgIpc) is 2.61. The maximum absolute atomic E-state index is 13.1. The molecule has 1 saturated carbocycles. The zero-order valence-corrected chi connectivity index (χ0v) is 17.2. The minimum Gasteiger partial charge on any atom is -0.392 e. The third-order valence-electron chi connectivity index (χ3n) is 6.91. The Bertz CT molecular complexity index is 843. The van der Waals surface area contributed by atoms with Gasteiger partial charge in [0.05, 0.1) is 22.9 Å². The minimum atomic E-state index is -3.64. The van der Waals surface area contributed by atoms with E-state index in [4.69, 9.17) is 0 Å². The van der Waals surface area contributed by atoms with Gasteiger partial charge < -0.3 is 15.3 Å². The molecule has 0 aromatic heterocycles. The van der Waals surface area contributed by atoms with E-state index in [0.29, 0.717) is 24.0 Å². The Morgan fingerprint density at radius 1 is 1.07 bits per heavy atom. The Morgan fingerprint density at radius 2 is 1.67 bits per heavy atom. The van der Waals surface area contributed by atoms with Crippen LogP contribution in [0, 0.1) is 16.7 Å². The number of aliphatic hydroxyl groups is 3. The van der Waals surface area contributed by atoms with E-state index in [-0.39, 0.29) is 16.1 Å². The largest absolute Gasteiger partial charge is 0.392 e. The van der Waals surface area contributed by atoms with E-state index in [2.05, 4.69) is 0 Å². The standard InChI is InChI=1S/C21H30O5S/c1-13-15(12-27(25,26)14-8-6-5-7-9-14)21(4)16(22)10-11-20(2,3)19(21)18(24)17(13)23/h5-9,16-19,22-24H,10-12H2,1-4H3/t16-,17-,18-,19-,21-/m0/s1. The SMILES string of the molecule is CC1=C(CS(=O)(=O)c2ccccc2)[C@@]2(C)[C@@H](O)CCC(C)(C)[C@@H]2[C@@H](O)[C@H]1O. The Morgan fingerprint density at radius 3 is 2.26 bits per heavy atom. The smallest absolute Gasteiger partial charge is 0.182 e. The Kier molecular flexibility index (Phi) is 5.09. The van der Waals surface area contributed by atoms with Gasteiger partial charge in [0, 0.05) is 11.3 Å². The Balaban J connectivity index is 2.15. The van der Waals surface area contributed by atoms with Gasteiger partial charge in [0.15, 0.2) is 9.84 Å². The Labute approximate surface area is 161 Å². The van der Waals surface area contributed by atoms with E-state index in [1.54, 1.807) is 37.3 Å². The van der Waals surface area contributed by atoms with Crippen LogP contribution in [0.15, 0.2) is 46.4 Å². The van der Waals surface area contributed by atoms with Crippen LogP contribution in [0.25, 0.3) is 0 Å². The van der Waals surface area contributed by atoms with Crippen LogP contribution in [0.5, 0.6) is 0 Å². The molecule has 0 radical (unpaired) electrons. The molecule has 0 bridgehead atoms. The van der Waals surface area contributed by atoms with E-state index >= 15 is 0 Å². The summed E-state index contributed by atoms with van der Waals surface area (Å²) in [5, 5.41) is 32.5. The first kappa shape index (κ1) is 20.5. The molecule has 3 N–H and O–H groups in total. The van der Waals surface area contributed by atoms with Gasteiger partial charge in [-0.2, -0.15) is 0 Å². The first-order chi connectivity index (χ1) is 12.4. The summed E-state index contributed by atoms with van der Waals surface area (Å²) in [6, 6.07) is 8.23. The maximum Gasteiger partial charge on any atom is 0.182 e. The van der Waals surface area contributed by atoms with E-state index in [9.17, 15) is 23.7 Å². The van der Waals surface area contributed by atoms with Gasteiger partial charge in [0.2, 0.25) is 0 Å². The van der Waals surface area contributed by atoms with Crippen LogP contribution >= 0.6 is 0 Å². The van der Waals surface area contributed by atoms with Gasteiger partial charge >= 0.3 is 0 Å². The highest BCUT2D eigenvalue weighted by Crippen LogP contribution is 2.59. The highest BCUT2D eigenvalue weighted by molar-refractivity contribution is 7.91. The Hall–Kier alpha value is -1.21. The van der Waals surface area contributed by atoms with Crippen molar-refractivity contribution in [3.63, 3.8) is 0 Å². The summed E-state index contributed by atoms with van der Waals surface area (Å²) in [4.78, 5) is 0.218. The molecule has 2 aliphatic carbocycles. The molecule has 1 fully saturated rings. The molecule has 1 aromatic rings. The summed E-state index contributed by atoms with van der Waals surface area (Å²) in [5.74, 6) is -0.708. The van der Waals surface area contributed by atoms with E-state index < -0.39 is 39.5 Å². The monoisotopic (exact) mass is 394 g/mol. The number of hydrogen-bond acceptors (Lipinski definition) is 5. The summed E-state index contributed by atoms with van der Waals surface area (Å²) in [6.45, 7) is 7.54. The number of rotatable bonds is 3. The highest BCUT2D eigenvalue weighted by Gasteiger charge is 2.60. The molecule has 0 spiro atoms. The van der Waals surface area contributed by atoms with Crippen molar-refractivity contribution in [2.45, 2.75) is 63.7 Å². The van der Waals surface area contributed by atoms with Gasteiger partial charge in [-0.3, -0.25) is 0 Å². The van der Waals surface area contributed by atoms with E-state index in [0.717, 1.165) is 0 Å². The molecule has 0 unspecified atom stereocenters. The number of fused-ring (bicyclic) bond motifs is 1. The topological polar surface area (TPSA) is 94.8 Å². The van der Waals surface area contributed by atoms with Gasteiger partial charge in [0.1, 0.15) is 6.10 Å². The van der Waals surface area contributed by atoms with Crippen LogP contribution in [0.4, 0.5) is 0 Å². The van der Waals surface area contributed by atoms with Crippen molar-refractivity contribution in [3.05, 3.63) is 41.5 Å². The summed E-state index contributed by atoms with van der Waals surface area (Å²) in [6.07, 6.45) is -1.70. The van der Waals surface area contributed by atoms with Gasteiger partial charge in [-0.15, -0.1) is 0 Å². The lowest BCUT2D eigenvalue weighted by molar-refractivity contribution is -0.157. The van der Waals surface area contributed by atoms with Crippen LogP contribution in [-0.4, -0.2) is 47.8 Å². The molecule has 5 nitrogen and oxygen atoms in total. The lowest BCUT2D eigenvalue weighted by Gasteiger charge is -2.59. The van der Waals surface area contributed by atoms with E-state index in [1.165, 1.54) is 0 Å². The number of aliphatic hydroxyl groups excluding tert-OH is 3. The molecule has 27 heavy (non-hydrogen) atoms. The third-order valence-corrected chi connectivity index (χ3v) is 8.57. The summed E-state index contributed by atoms with van der Waals surface area (Å²) in [5.41, 5.74) is -0.254. The molecule has 1 aromatic carbocycles. The molecule has 0 saturated heterocycles. The van der Waals surface area contributed by atoms with Crippen molar-refractivity contribution >= 4 is 9.84 Å². The zero-order chi connectivity index (χ0) is 20.2. The fraction of sp³-hybridized carbons (Fsp3) is 0.619. The fourth-order valence-electron chi connectivity index (χ4n) is 5.40. The second-order valence-corrected chi connectivity index (χ2v) is 11.0. The molecule has 0 amide bonds. The molecule has 2 aliphatic rings. The third kappa shape index (κ3) is 3.16. The molecule has 6 heteroatoms. The summed E-state index contributed by atoms with van der Waals surface area (Å²) < 4.78 is 26.1. The van der Waals surface area contributed by atoms with Crippen molar-refractivity contribution < 1.29 is 23.7 Å². The second-order valence-electron chi connectivity index (χ2n) is 8.97.